The molecular formula is C21H31FN4O2. The number of rotatable bonds is 6. The van der Waals surface area contributed by atoms with Crippen LogP contribution in [0.2, 0.25) is 0 Å². The molecule has 1 aliphatic heterocycles. The Morgan fingerprint density at radius 3 is 2.29 bits per heavy atom. The Morgan fingerprint density at radius 2 is 1.68 bits per heavy atom. The van der Waals surface area contributed by atoms with Crippen molar-refractivity contribution >= 4 is 17.5 Å². The minimum absolute atomic E-state index is 0.0488. The van der Waals surface area contributed by atoms with Crippen molar-refractivity contribution in [3.8, 4) is 0 Å². The zero-order valence-corrected chi connectivity index (χ0v) is 16.7. The number of amides is 2. The topological polar surface area (TPSA) is 64.7 Å². The molecule has 1 aliphatic carbocycles. The zero-order valence-electron chi connectivity index (χ0n) is 16.7. The van der Waals surface area contributed by atoms with Gasteiger partial charge in [0, 0.05) is 51.9 Å². The maximum atomic E-state index is 13.1. The lowest BCUT2D eigenvalue weighted by molar-refractivity contribution is -0.134. The summed E-state index contributed by atoms with van der Waals surface area (Å²) >= 11 is 0. The van der Waals surface area contributed by atoms with Gasteiger partial charge in [-0.15, -0.1) is 0 Å². The molecule has 0 bridgehead atoms. The fourth-order valence-electron chi connectivity index (χ4n) is 4.28. The van der Waals surface area contributed by atoms with Crippen LogP contribution in [0.4, 0.5) is 10.1 Å². The molecule has 0 aromatic heterocycles. The van der Waals surface area contributed by atoms with Crippen LogP contribution in [0.3, 0.4) is 0 Å². The van der Waals surface area contributed by atoms with Gasteiger partial charge in [-0.05, 0) is 37.1 Å². The van der Waals surface area contributed by atoms with Crippen molar-refractivity contribution in [3.05, 3.63) is 30.1 Å². The van der Waals surface area contributed by atoms with E-state index in [0.717, 1.165) is 70.5 Å². The Labute approximate surface area is 166 Å². The van der Waals surface area contributed by atoms with E-state index >= 15 is 0 Å². The normalized spacial score (nSPS) is 19.9. The average Bonchev–Trinajstić information content (AvgIpc) is 2.69. The summed E-state index contributed by atoms with van der Waals surface area (Å²) in [6, 6.07) is 6.62. The SMILES string of the molecule is CC(=O)NC1(C(=O)NCCN2CCN(c3ccc(F)cc3)CC2)CCCCC1. The van der Waals surface area contributed by atoms with Gasteiger partial charge in [-0.1, -0.05) is 19.3 Å². The summed E-state index contributed by atoms with van der Waals surface area (Å²) in [4.78, 5) is 28.9. The monoisotopic (exact) mass is 390 g/mol. The lowest BCUT2D eigenvalue weighted by Crippen LogP contribution is -2.60. The molecule has 2 fully saturated rings. The van der Waals surface area contributed by atoms with Gasteiger partial charge in [-0.2, -0.15) is 0 Å². The van der Waals surface area contributed by atoms with E-state index in [-0.39, 0.29) is 17.6 Å². The summed E-state index contributed by atoms with van der Waals surface area (Å²) in [5.74, 6) is -0.408. The van der Waals surface area contributed by atoms with Crippen LogP contribution in [0.5, 0.6) is 0 Å². The summed E-state index contributed by atoms with van der Waals surface area (Å²) in [5.41, 5.74) is 0.314. The molecule has 0 radical (unpaired) electrons. The van der Waals surface area contributed by atoms with Crippen molar-refractivity contribution in [2.24, 2.45) is 0 Å². The van der Waals surface area contributed by atoms with Crippen LogP contribution in [0.15, 0.2) is 24.3 Å². The van der Waals surface area contributed by atoms with Gasteiger partial charge in [0.1, 0.15) is 11.4 Å². The third kappa shape index (κ3) is 5.22. The number of piperazine rings is 1. The first-order valence-corrected chi connectivity index (χ1v) is 10.3. The number of halogens is 1. The minimum atomic E-state index is -0.731. The van der Waals surface area contributed by atoms with Crippen molar-refractivity contribution in [2.45, 2.75) is 44.6 Å². The minimum Gasteiger partial charge on any atom is -0.369 e. The molecule has 2 amide bonds. The molecule has 7 heteroatoms. The van der Waals surface area contributed by atoms with Crippen LogP contribution in [0.1, 0.15) is 39.0 Å². The van der Waals surface area contributed by atoms with Crippen LogP contribution in [-0.2, 0) is 9.59 Å². The second-order valence-electron chi connectivity index (χ2n) is 7.88. The highest BCUT2D eigenvalue weighted by Crippen LogP contribution is 2.28. The second kappa shape index (κ2) is 9.37. The summed E-state index contributed by atoms with van der Waals surface area (Å²) in [6.45, 7) is 6.43. The number of anilines is 1. The van der Waals surface area contributed by atoms with Gasteiger partial charge in [0.2, 0.25) is 11.8 Å². The van der Waals surface area contributed by atoms with E-state index in [0.29, 0.717) is 6.54 Å². The predicted molar refractivity (Wildman–Crippen MR) is 108 cm³/mol. The fraction of sp³-hybridized carbons (Fsp3) is 0.619. The smallest absolute Gasteiger partial charge is 0.245 e. The summed E-state index contributed by atoms with van der Waals surface area (Å²) < 4.78 is 13.1. The fourth-order valence-corrected chi connectivity index (χ4v) is 4.28. The average molecular weight is 391 g/mol. The third-order valence-corrected chi connectivity index (χ3v) is 5.83. The Bertz CT molecular complexity index is 665. The maximum absolute atomic E-state index is 13.1. The van der Waals surface area contributed by atoms with Crippen LogP contribution >= 0.6 is 0 Å². The van der Waals surface area contributed by atoms with Crippen molar-refractivity contribution in [1.82, 2.24) is 15.5 Å². The second-order valence-corrected chi connectivity index (χ2v) is 7.88. The number of hydrogen-bond donors (Lipinski definition) is 2. The van der Waals surface area contributed by atoms with Gasteiger partial charge >= 0.3 is 0 Å². The molecule has 154 valence electrons. The first-order chi connectivity index (χ1) is 13.5. The van der Waals surface area contributed by atoms with Gasteiger partial charge in [-0.25, -0.2) is 4.39 Å². The van der Waals surface area contributed by atoms with Gasteiger partial charge in [-0.3, -0.25) is 14.5 Å². The highest BCUT2D eigenvalue weighted by atomic mass is 19.1. The maximum Gasteiger partial charge on any atom is 0.245 e. The van der Waals surface area contributed by atoms with Crippen LogP contribution in [0.25, 0.3) is 0 Å². The standard InChI is InChI=1S/C21H31FN4O2/c1-17(27)24-21(9-3-2-4-10-21)20(28)23-11-12-25-13-15-26(16-14-25)19-7-5-18(22)6-8-19/h5-8H,2-4,9-16H2,1H3,(H,23,28)(H,24,27). The van der Waals surface area contributed by atoms with E-state index in [2.05, 4.69) is 20.4 Å². The number of hydrogen-bond acceptors (Lipinski definition) is 4. The van der Waals surface area contributed by atoms with E-state index in [4.69, 9.17) is 0 Å². The largest absolute Gasteiger partial charge is 0.369 e. The lowest BCUT2D eigenvalue weighted by atomic mass is 9.80. The Balaban J connectivity index is 1.43. The third-order valence-electron chi connectivity index (χ3n) is 5.83. The number of nitrogens with one attached hydrogen (secondary N) is 2. The zero-order chi connectivity index (χ0) is 20.0. The molecule has 0 unspecified atom stereocenters. The van der Waals surface area contributed by atoms with E-state index in [1.807, 2.05) is 12.1 Å². The lowest BCUT2D eigenvalue weighted by Gasteiger charge is -2.38. The molecule has 0 spiro atoms. The highest BCUT2D eigenvalue weighted by molar-refractivity contribution is 5.91. The van der Waals surface area contributed by atoms with Gasteiger partial charge in [0.25, 0.3) is 0 Å². The molecule has 1 heterocycles. The van der Waals surface area contributed by atoms with Crippen molar-refractivity contribution in [2.75, 3.05) is 44.2 Å². The number of nitrogens with zero attached hydrogens (tertiary/aromatic N) is 2. The quantitative estimate of drug-likeness (QED) is 0.779. The molecule has 2 N–H and O–H groups in total. The molecule has 1 saturated heterocycles. The van der Waals surface area contributed by atoms with E-state index in [1.54, 1.807) is 0 Å². The molecule has 2 aliphatic rings. The van der Waals surface area contributed by atoms with Crippen LogP contribution in [0, 0.1) is 5.82 Å². The van der Waals surface area contributed by atoms with E-state index in [9.17, 15) is 14.0 Å². The predicted octanol–water partition coefficient (Wildman–Crippen LogP) is 1.90. The first kappa shape index (κ1) is 20.6. The van der Waals surface area contributed by atoms with Crippen molar-refractivity contribution in [1.29, 1.82) is 0 Å². The Morgan fingerprint density at radius 1 is 1.04 bits per heavy atom. The number of carbonyl (C=O) groups excluding carboxylic acids is 2. The van der Waals surface area contributed by atoms with Crippen LogP contribution < -0.4 is 15.5 Å². The first-order valence-electron chi connectivity index (χ1n) is 10.3. The molecule has 1 saturated carbocycles. The molecule has 1 aromatic rings. The summed E-state index contributed by atoms with van der Waals surface area (Å²) in [6.07, 6.45) is 4.49. The number of carbonyl (C=O) groups is 2. The highest BCUT2D eigenvalue weighted by Gasteiger charge is 2.39. The van der Waals surface area contributed by atoms with Crippen LogP contribution in [-0.4, -0.2) is 61.5 Å². The Hall–Kier alpha value is -2.15. The molecular weight excluding hydrogens is 359 g/mol. The number of benzene rings is 1. The molecule has 0 atom stereocenters. The van der Waals surface area contributed by atoms with Gasteiger partial charge in [0.05, 0.1) is 0 Å². The Kier molecular flexibility index (Phi) is 6.88. The van der Waals surface area contributed by atoms with Crippen molar-refractivity contribution in [3.63, 3.8) is 0 Å². The molecule has 6 nitrogen and oxygen atoms in total. The van der Waals surface area contributed by atoms with E-state index < -0.39 is 5.54 Å². The van der Waals surface area contributed by atoms with Crippen molar-refractivity contribution < 1.29 is 14.0 Å². The molecule has 28 heavy (non-hydrogen) atoms. The summed E-state index contributed by atoms with van der Waals surface area (Å²) in [5, 5.41) is 5.96. The van der Waals surface area contributed by atoms with Gasteiger partial charge in [0.15, 0.2) is 0 Å². The summed E-state index contributed by atoms with van der Waals surface area (Å²) in [7, 11) is 0. The van der Waals surface area contributed by atoms with E-state index in [1.165, 1.54) is 19.1 Å². The molecule has 3 rings (SSSR count). The molecule has 1 aromatic carbocycles. The van der Waals surface area contributed by atoms with Gasteiger partial charge < -0.3 is 15.5 Å².